The molecule has 3 aromatic rings. The minimum Gasteiger partial charge on any atom is -0.465 e. The van der Waals surface area contributed by atoms with Crippen LogP contribution in [0.25, 0.3) is 21.9 Å². The highest BCUT2D eigenvalue weighted by molar-refractivity contribution is 5.98. The van der Waals surface area contributed by atoms with Gasteiger partial charge < -0.3 is 14.6 Å². The summed E-state index contributed by atoms with van der Waals surface area (Å²) in [6.45, 7) is 3.87. The van der Waals surface area contributed by atoms with Crippen LogP contribution < -0.4 is 10.5 Å². The van der Waals surface area contributed by atoms with Crippen molar-refractivity contribution in [1.29, 1.82) is 0 Å². The number of aromatic nitrogens is 1. The molecule has 1 heterocycles. The van der Waals surface area contributed by atoms with Crippen molar-refractivity contribution in [2.75, 3.05) is 25.1 Å². The van der Waals surface area contributed by atoms with Crippen LogP contribution in [0.15, 0.2) is 47.4 Å². The monoisotopic (exact) mass is 368 g/mol. The van der Waals surface area contributed by atoms with Gasteiger partial charge in [-0.1, -0.05) is 18.2 Å². The van der Waals surface area contributed by atoms with E-state index >= 15 is 0 Å². The van der Waals surface area contributed by atoms with Crippen molar-refractivity contribution in [3.05, 3.63) is 64.3 Å². The fourth-order valence-corrected chi connectivity index (χ4v) is 3.10. The lowest BCUT2D eigenvalue weighted by atomic mass is 9.96. The number of fused-ring (bicyclic) bond motifs is 1. The molecule has 0 saturated carbocycles. The zero-order valence-corrected chi connectivity index (χ0v) is 15.5. The Morgan fingerprint density at radius 2 is 1.96 bits per heavy atom. The van der Waals surface area contributed by atoms with Crippen LogP contribution in [0.2, 0.25) is 0 Å². The number of hydrogen-bond acceptors (Lipinski definition) is 4. The van der Waals surface area contributed by atoms with Crippen molar-refractivity contribution in [2.45, 2.75) is 13.8 Å². The first-order chi connectivity index (χ1) is 12.9. The fourth-order valence-electron chi connectivity index (χ4n) is 3.10. The van der Waals surface area contributed by atoms with Crippen LogP contribution in [-0.2, 0) is 9.53 Å². The number of carbonyl (C=O) groups excluding carboxylic acids is 1. The number of rotatable bonds is 5. The Kier molecular flexibility index (Phi) is 5.26. The van der Waals surface area contributed by atoms with E-state index in [-0.39, 0.29) is 23.9 Å². The zero-order valence-electron chi connectivity index (χ0n) is 15.5. The molecule has 0 atom stereocenters. The van der Waals surface area contributed by atoms with Gasteiger partial charge >= 0.3 is 5.97 Å². The van der Waals surface area contributed by atoms with Crippen molar-refractivity contribution in [3.63, 3.8) is 0 Å². The number of hydrogen-bond donors (Lipinski definition) is 1. The van der Waals surface area contributed by atoms with E-state index in [4.69, 9.17) is 4.74 Å². The van der Waals surface area contributed by atoms with E-state index in [1.807, 2.05) is 18.2 Å². The lowest BCUT2D eigenvalue weighted by Crippen LogP contribution is -2.27. The summed E-state index contributed by atoms with van der Waals surface area (Å²) in [4.78, 5) is 28.5. The number of aromatic amines is 1. The quantitative estimate of drug-likeness (QED) is 0.699. The molecule has 1 aromatic heterocycles. The summed E-state index contributed by atoms with van der Waals surface area (Å²) < 4.78 is 18.9. The van der Waals surface area contributed by atoms with Gasteiger partial charge in [0.05, 0.1) is 6.61 Å². The molecular weight excluding hydrogens is 347 g/mol. The predicted octanol–water partition coefficient (Wildman–Crippen LogP) is 3.64. The minimum atomic E-state index is -0.335. The van der Waals surface area contributed by atoms with Gasteiger partial charge in [0.25, 0.3) is 5.56 Å². The first-order valence-corrected chi connectivity index (χ1v) is 8.70. The number of ether oxygens (including phenoxy) is 1. The average molecular weight is 368 g/mol. The second-order valence-corrected chi connectivity index (χ2v) is 6.33. The molecule has 0 bridgehead atoms. The molecule has 140 valence electrons. The SMILES string of the molecule is CCOC(=O)CN(C)c1ccc2c(-c3cccc(F)c3C)c[nH]c(=O)c2c1. The summed E-state index contributed by atoms with van der Waals surface area (Å²) >= 11 is 0. The number of halogens is 1. The molecule has 0 amide bonds. The first-order valence-electron chi connectivity index (χ1n) is 8.70. The van der Waals surface area contributed by atoms with Crippen molar-refractivity contribution >= 4 is 22.4 Å². The fraction of sp³-hybridized carbons (Fsp3) is 0.238. The third kappa shape index (κ3) is 3.69. The van der Waals surface area contributed by atoms with E-state index in [0.717, 1.165) is 16.5 Å². The number of esters is 1. The second-order valence-electron chi connectivity index (χ2n) is 6.33. The summed E-state index contributed by atoms with van der Waals surface area (Å²) in [7, 11) is 1.76. The Bertz CT molecular complexity index is 1060. The number of pyridine rings is 1. The molecule has 27 heavy (non-hydrogen) atoms. The lowest BCUT2D eigenvalue weighted by molar-refractivity contribution is -0.141. The van der Waals surface area contributed by atoms with Gasteiger partial charge in [-0.05, 0) is 48.6 Å². The Balaban J connectivity index is 2.08. The standard InChI is InChI=1S/C21H21FN2O3/c1-4-27-20(25)12-24(3)14-8-9-16-17(10-14)21(26)23-11-18(16)15-6-5-7-19(22)13(15)2/h5-11H,4,12H2,1-3H3,(H,23,26). The van der Waals surface area contributed by atoms with Crippen LogP contribution in [-0.4, -0.2) is 31.2 Å². The predicted molar refractivity (Wildman–Crippen MR) is 105 cm³/mol. The summed E-state index contributed by atoms with van der Waals surface area (Å²) in [6.07, 6.45) is 1.61. The number of likely N-dealkylation sites (N-methyl/N-ethyl adjacent to an activating group) is 1. The van der Waals surface area contributed by atoms with Crippen molar-refractivity contribution in [2.24, 2.45) is 0 Å². The maximum absolute atomic E-state index is 14.0. The molecule has 0 aliphatic carbocycles. The number of nitrogens with zero attached hydrogens (tertiary/aromatic N) is 1. The topological polar surface area (TPSA) is 62.4 Å². The molecule has 0 fully saturated rings. The zero-order chi connectivity index (χ0) is 19.6. The molecule has 0 aliphatic rings. The highest BCUT2D eigenvalue weighted by atomic mass is 19.1. The normalized spacial score (nSPS) is 10.8. The number of carbonyl (C=O) groups is 1. The maximum atomic E-state index is 14.0. The third-order valence-corrected chi connectivity index (χ3v) is 4.56. The van der Waals surface area contributed by atoms with Crippen molar-refractivity contribution < 1.29 is 13.9 Å². The van der Waals surface area contributed by atoms with Crippen LogP contribution in [0.1, 0.15) is 12.5 Å². The van der Waals surface area contributed by atoms with Crippen molar-refractivity contribution in [1.82, 2.24) is 4.98 Å². The summed E-state index contributed by atoms with van der Waals surface area (Å²) in [5.74, 6) is -0.629. The van der Waals surface area contributed by atoms with Gasteiger partial charge in [-0.15, -0.1) is 0 Å². The first kappa shape index (κ1) is 18.6. The molecule has 0 radical (unpaired) electrons. The molecule has 0 unspecified atom stereocenters. The van der Waals surface area contributed by atoms with Crippen LogP contribution >= 0.6 is 0 Å². The van der Waals surface area contributed by atoms with Gasteiger partial charge in [0.15, 0.2) is 0 Å². The van der Waals surface area contributed by atoms with Crippen molar-refractivity contribution in [3.8, 4) is 11.1 Å². The van der Waals surface area contributed by atoms with E-state index in [0.29, 0.717) is 23.2 Å². The van der Waals surface area contributed by atoms with Gasteiger partial charge in [-0.25, -0.2) is 4.39 Å². The van der Waals surface area contributed by atoms with E-state index in [2.05, 4.69) is 4.98 Å². The van der Waals surface area contributed by atoms with E-state index in [1.165, 1.54) is 6.07 Å². The minimum absolute atomic E-state index is 0.0833. The van der Waals surface area contributed by atoms with Crippen LogP contribution in [0.4, 0.5) is 10.1 Å². The smallest absolute Gasteiger partial charge is 0.325 e. The largest absolute Gasteiger partial charge is 0.465 e. The molecule has 6 heteroatoms. The molecule has 5 nitrogen and oxygen atoms in total. The number of benzene rings is 2. The van der Waals surface area contributed by atoms with Crippen LogP contribution in [0, 0.1) is 12.7 Å². The van der Waals surface area contributed by atoms with Gasteiger partial charge in [-0.2, -0.15) is 0 Å². The number of nitrogens with one attached hydrogen (secondary N) is 1. The Morgan fingerprint density at radius 3 is 2.70 bits per heavy atom. The maximum Gasteiger partial charge on any atom is 0.325 e. The molecule has 0 spiro atoms. The van der Waals surface area contributed by atoms with Gasteiger partial charge in [0.1, 0.15) is 12.4 Å². The summed E-state index contributed by atoms with van der Waals surface area (Å²) in [6, 6.07) is 10.3. The van der Waals surface area contributed by atoms with Gasteiger partial charge in [0, 0.05) is 29.9 Å². The molecule has 0 aliphatic heterocycles. The highest BCUT2D eigenvalue weighted by Crippen LogP contribution is 2.31. The molecule has 1 N–H and O–H groups in total. The molecule has 0 saturated heterocycles. The summed E-state index contributed by atoms with van der Waals surface area (Å²) in [5, 5.41) is 1.20. The van der Waals surface area contributed by atoms with E-state index in [9.17, 15) is 14.0 Å². The highest BCUT2D eigenvalue weighted by Gasteiger charge is 2.14. The Labute approximate surface area is 156 Å². The average Bonchev–Trinajstić information content (AvgIpc) is 2.65. The number of H-pyrrole nitrogens is 1. The molecule has 2 aromatic carbocycles. The Morgan fingerprint density at radius 1 is 1.19 bits per heavy atom. The third-order valence-electron chi connectivity index (χ3n) is 4.56. The van der Waals surface area contributed by atoms with Gasteiger partial charge in [-0.3, -0.25) is 9.59 Å². The van der Waals surface area contributed by atoms with Crippen LogP contribution in [0.3, 0.4) is 0 Å². The molecule has 3 rings (SSSR count). The van der Waals surface area contributed by atoms with E-state index < -0.39 is 0 Å². The molecular formula is C21H21FN2O3. The Hall–Kier alpha value is -3.15. The lowest BCUT2D eigenvalue weighted by Gasteiger charge is -2.19. The number of anilines is 1. The van der Waals surface area contributed by atoms with Gasteiger partial charge in [0.2, 0.25) is 0 Å². The summed E-state index contributed by atoms with van der Waals surface area (Å²) in [5.41, 5.74) is 2.47. The van der Waals surface area contributed by atoms with E-state index in [1.54, 1.807) is 44.1 Å². The second kappa shape index (κ2) is 7.61. The van der Waals surface area contributed by atoms with Crippen LogP contribution in [0.5, 0.6) is 0 Å².